The molecule has 0 atom stereocenters. The highest BCUT2D eigenvalue weighted by molar-refractivity contribution is 5.99. The lowest BCUT2D eigenvalue weighted by Crippen LogP contribution is -2.37. The minimum Gasteiger partial charge on any atom is -0.492 e. The third-order valence-electron chi connectivity index (χ3n) is 7.10. The first-order chi connectivity index (χ1) is 18.6. The molecule has 194 valence electrons. The molecule has 9 nitrogen and oxygen atoms in total. The van der Waals surface area contributed by atoms with Crippen molar-refractivity contribution in [2.75, 3.05) is 25.1 Å². The van der Waals surface area contributed by atoms with Gasteiger partial charge in [0, 0.05) is 56.0 Å². The molecule has 0 bridgehead atoms. The summed E-state index contributed by atoms with van der Waals surface area (Å²) in [5, 5.41) is 18.1. The Kier molecular flexibility index (Phi) is 6.53. The van der Waals surface area contributed by atoms with Crippen molar-refractivity contribution in [1.82, 2.24) is 24.1 Å². The molecule has 0 unspecified atom stereocenters. The number of aliphatic hydroxyl groups is 1. The topological polar surface area (TPSA) is 116 Å². The largest absolute Gasteiger partial charge is 0.492 e. The molecule has 5 aromatic rings. The lowest BCUT2D eigenvalue weighted by molar-refractivity contribution is 0.151. The molecule has 4 N–H and O–H groups in total. The third kappa shape index (κ3) is 4.51. The second kappa shape index (κ2) is 10.3. The first-order valence-corrected chi connectivity index (χ1v) is 12.9. The molecular formula is C29H31N7O2. The van der Waals surface area contributed by atoms with Gasteiger partial charge in [-0.1, -0.05) is 42.5 Å². The first-order valence-electron chi connectivity index (χ1n) is 12.9. The lowest BCUT2D eigenvalue weighted by atomic mass is 9.81. The Balaban J connectivity index is 1.54. The number of nitrogens with two attached hydrogens (primary N) is 1. The van der Waals surface area contributed by atoms with Gasteiger partial charge in [-0.25, -0.2) is 14.5 Å². The fourth-order valence-corrected chi connectivity index (χ4v) is 5.08. The van der Waals surface area contributed by atoms with Crippen LogP contribution in [0.4, 0.5) is 5.82 Å². The van der Waals surface area contributed by atoms with E-state index in [0.29, 0.717) is 30.7 Å². The molecule has 0 saturated heterocycles. The van der Waals surface area contributed by atoms with Crippen LogP contribution in [0.2, 0.25) is 0 Å². The summed E-state index contributed by atoms with van der Waals surface area (Å²) in [5.41, 5.74) is 10.7. The number of benzene rings is 2. The van der Waals surface area contributed by atoms with Crippen LogP contribution in [0.5, 0.6) is 5.75 Å². The second-order valence-corrected chi connectivity index (χ2v) is 9.75. The van der Waals surface area contributed by atoms with E-state index in [-0.39, 0.29) is 12.6 Å². The zero-order chi connectivity index (χ0) is 26.1. The van der Waals surface area contributed by atoms with Crippen LogP contribution < -0.4 is 15.8 Å². The van der Waals surface area contributed by atoms with Crippen molar-refractivity contribution in [3.8, 4) is 39.7 Å². The summed E-state index contributed by atoms with van der Waals surface area (Å²) >= 11 is 0. The van der Waals surface area contributed by atoms with E-state index in [9.17, 15) is 5.11 Å². The van der Waals surface area contributed by atoms with Crippen molar-refractivity contribution >= 4 is 11.3 Å². The number of ether oxygens (including phenoxy) is 1. The standard InChI is InChI=1S/C29H31N7O2/c1-35-13-12-31-29(35)28-33-27(32-22-15-19(16-22)18-37)26-25(21-5-3-2-4-6-21)24(17-36(26)34-28)20-7-9-23(10-8-20)38-14-11-30/h2-10,12-13,17,19,22,37H,11,14-16,18,30H2,1H3,(H,32,33,34). The number of hydrogen-bond acceptors (Lipinski definition) is 7. The van der Waals surface area contributed by atoms with Gasteiger partial charge in [-0.2, -0.15) is 0 Å². The summed E-state index contributed by atoms with van der Waals surface area (Å²) in [4.78, 5) is 9.49. The van der Waals surface area contributed by atoms with Crippen LogP contribution >= 0.6 is 0 Å². The monoisotopic (exact) mass is 509 g/mol. The molecule has 1 fully saturated rings. The van der Waals surface area contributed by atoms with Crippen LogP contribution in [0, 0.1) is 5.92 Å². The predicted octanol–water partition coefficient (Wildman–Crippen LogP) is 3.98. The molecule has 1 saturated carbocycles. The van der Waals surface area contributed by atoms with E-state index in [1.165, 1.54) is 0 Å². The number of rotatable bonds is 9. The van der Waals surface area contributed by atoms with Gasteiger partial charge >= 0.3 is 0 Å². The highest BCUT2D eigenvalue weighted by Gasteiger charge is 2.30. The maximum atomic E-state index is 9.55. The highest BCUT2D eigenvalue weighted by atomic mass is 16.5. The number of hydrogen-bond donors (Lipinski definition) is 3. The average Bonchev–Trinajstić information content (AvgIpc) is 3.53. The van der Waals surface area contributed by atoms with Crippen LogP contribution in [0.25, 0.3) is 39.4 Å². The predicted molar refractivity (Wildman–Crippen MR) is 148 cm³/mol. The van der Waals surface area contributed by atoms with Crippen LogP contribution in [0.1, 0.15) is 12.8 Å². The number of aromatic nitrogens is 5. The molecule has 6 rings (SSSR count). The Labute approximate surface area is 220 Å². The van der Waals surface area contributed by atoms with Gasteiger partial charge in [-0.3, -0.25) is 0 Å². The minimum atomic E-state index is 0.214. The molecule has 38 heavy (non-hydrogen) atoms. The Bertz CT molecular complexity index is 1540. The number of anilines is 1. The van der Waals surface area contributed by atoms with E-state index in [1.54, 1.807) is 6.20 Å². The lowest BCUT2D eigenvalue weighted by Gasteiger charge is -2.35. The Hall–Kier alpha value is -4.21. The quantitative estimate of drug-likeness (QED) is 0.275. The molecule has 3 heterocycles. The summed E-state index contributed by atoms with van der Waals surface area (Å²) in [7, 11) is 1.94. The smallest absolute Gasteiger partial charge is 0.218 e. The van der Waals surface area contributed by atoms with Crippen molar-refractivity contribution in [3.05, 3.63) is 73.2 Å². The maximum absolute atomic E-state index is 9.55. The molecule has 1 aliphatic carbocycles. The molecular weight excluding hydrogens is 478 g/mol. The summed E-state index contributed by atoms with van der Waals surface area (Å²) in [5.74, 6) is 3.10. The first kappa shape index (κ1) is 24.1. The van der Waals surface area contributed by atoms with Crippen LogP contribution in [0.3, 0.4) is 0 Å². The van der Waals surface area contributed by atoms with E-state index in [4.69, 9.17) is 20.6 Å². The van der Waals surface area contributed by atoms with Crippen LogP contribution in [-0.2, 0) is 7.05 Å². The van der Waals surface area contributed by atoms with Crippen molar-refractivity contribution in [2.45, 2.75) is 18.9 Å². The molecule has 2 aromatic carbocycles. The molecule has 0 aliphatic heterocycles. The number of nitrogens with zero attached hydrogens (tertiary/aromatic N) is 5. The van der Waals surface area contributed by atoms with Gasteiger partial charge in [0.25, 0.3) is 0 Å². The SMILES string of the molecule is Cn1ccnc1-c1nc(NC2CC(CO)C2)c2c(-c3ccccc3)c(-c3ccc(OCCN)cc3)cn2n1. The van der Waals surface area contributed by atoms with E-state index in [1.807, 2.05) is 52.7 Å². The zero-order valence-corrected chi connectivity index (χ0v) is 21.3. The molecule has 0 amide bonds. The van der Waals surface area contributed by atoms with E-state index >= 15 is 0 Å². The van der Waals surface area contributed by atoms with Gasteiger partial charge in [-0.15, -0.1) is 5.10 Å². The summed E-state index contributed by atoms with van der Waals surface area (Å²) in [6.07, 6.45) is 7.51. The molecule has 1 aliphatic rings. The van der Waals surface area contributed by atoms with Gasteiger partial charge < -0.3 is 25.5 Å². The fraction of sp³-hybridized carbons (Fsp3) is 0.276. The van der Waals surface area contributed by atoms with Crippen LogP contribution in [-0.4, -0.2) is 55.1 Å². The maximum Gasteiger partial charge on any atom is 0.218 e. The number of aryl methyl sites for hydroxylation is 1. The number of aliphatic hydroxyl groups excluding tert-OH is 1. The summed E-state index contributed by atoms with van der Waals surface area (Å²) < 4.78 is 9.53. The van der Waals surface area contributed by atoms with Gasteiger partial charge in [0.15, 0.2) is 11.6 Å². The van der Waals surface area contributed by atoms with Crippen molar-refractivity contribution in [2.24, 2.45) is 18.7 Å². The van der Waals surface area contributed by atoms with E-state index < -0.39 is 0 Å². The molecule has 0 spiro atoms. The van der Waals surface area contributed by atoms with E-state index in [2.05, 4.69) is 40.8 Å². The van der Waals surface area contributed by atoms with Gasteiger partial charge in [-0.05, 0) is 42.0 Å². The van der Waals surface area contributed by atoms with Gasteiger partial charge in [0.1, 0.15) is 17.9 Å². The second-order valence-electron chi connectivity index (χ2n) is 9.75. The number of imidazole rings is 1. The Morgan fingerprint density at radius 1 is 1.08 bits per heavy atom. The summed E-state index contributed by atoms with van der Waals surface area (Å²) in [6.45, 7) is 1.16. The van der Waals surface area contributed by atoms with Crippen molar-refractivity contribution in [1.29, 1.82) is 0 Å². The van der Waals surface area contributed by atoms with Gasteiger partial charge in [0.05, 0.1) is 0 Å². The number of fused-ring (bicyclic) bond motifs is 1. The molecule has 0 radical (unpaired) electrons. The van der Waals surface area contributed by atoms with Crippen molar-refractivity contribution < 1.29 is 9.84 Å². The Morgan fingerprint density at radius 3 is 2.55 bits per heavy atom. The third-order valence-corrected chi connectivity index (χ3v) is 7.10. The van der Waals surface area contributed by atoms with Gasteiger partial charge in [0.2, 0.25) is 5.82 Å². The average molecular weight is 510 g/mol. The normalized spacial score (nSPS) is 16.9. The molecule has 3 aromatic heterocycles. The number of nitrogens with one attached hydrogen (secondary N) is 1. The minimum absolute atomic E-state index is 0.214. The molecule has 9 heteroatoms. The zero-order valence-electron chi connectivity index (χ0n) is 21.3. The van der Waals surface area contributed by atoms with Crippen molar-refractivity contribution in [3.63, 3.8) is 0 Å². The van der Waals surface area contributed by atoms with E-state index in [0.717, 1.165) is 52.2 Å². The fourth-order valence-electron chi connectivity index (χ4n) is 5.08. The van der Waals surface area contributed by atoms with Crippen LogP contribution in [0.15, 0.2) is 73.2 Å². The summed E-state index contributed by atoms with van der Waals surface area (Å²) in [6, 6.07) is 18.6. The Morgan fingerprint density at radius 2 is 1.87 bits per heavy atom. The highest BCUT2D eigenvalue weighted by Crippen LogP contribution is 2.41.